The van der Waals surface area contributed by atoms with Gasteiger partial charge in [0.15, 0.2) is 0 Å². The van der Waals surface area contributed by atoms with Crippen LogP contribution in [0.2, 0.25) is 0 Å². The van der Waals surface area contributed by atoms with Crippen molar-refractivity contribution >= 4 is 10.0 Å². The molecule has 2 N–H and O–H groups in total. The first-order chi connectivity index (χ1) is 9.77. The highest BCUT2D eigenvalue weighted by molar-refractivity contribution is 7.89. The van der Waals surface area contributed by atoms with Crippen molar-refractivity contribution in [2.45, 2.75) is 58.0 Å². The van der Waals surface area contributed by atoms with Gasteiger partial charge in [-0.2, -0.15) is 0 Å². The third-order valence-electron chi connectivity index (χ3n) is 3.36. The monoisotopic (exact) mass is 312 g/mol. The van der Waals surface area contributed by atoms with Gasteiger partial charge < -0.3 is 5.32 Å². The van der Waals surface area contributed by atoms with Gasteiger partial charge in [-0.3, -0.25) is 0 Å². The summed E-state index contributed by atoms with van der Waals surface area (Å²) in [6, 6.07) is 7.41. The van der Waals surface area contributed by atoms with Crippen molar-refractivity contribution in [3.8, 4) is 0 Å². The Kier molecular flexibility index (Phi) is 6.84. The maximum Gasteiger partial charge on any atom is 0.241 e. The van der Waals surface area contributed by atoms with E-state index in [0.717, 1.165) is 12.1 Å². The number of hydrogen-bond acceptors (Lipinski definition) is 3. The van der Waals surface area contributed by atoms with Gasteiger partial charge in [0.2, 0.25) is 10.0 Å². The lowest BCUT2D eigenvalue weighted by Gasteiger charge is -2.23. The molecule has 1 unspecified atom stereocenters. The van der Waals surface area contributed by atoms with Crippen molar-refractivity contribution in [1.29, 1.82) is 0 Å². The largest absolute Gasteiger partial charge is 0.314 e. The highest BCUT2D eigenvalue weighted by atomic mass is 32.2. The van der Waals surface area contributed by atoms with Gasteiger partial charge in [-0.05, 0) is 44.4 Å². The lowest BCUT2D eigenvalue weighted by molar-refractivity contribution is 0.403. The van der Waals surface area contributed by atoms with Gasteiger partial charge >= 0.3 is 0 Å². The molecule has 0 amide bonds. The molecule has 0 aliphatic heterocycles. The Labute approximate surface area is 129 Å². The molecule has 0 aliphatic carbocycles. The Hall–Kier alpha value is -0.910. The van der Waals surface area contributed by atoms with E-state index in [1.54, 1.807) is 12.1 Å². The molecule has 1 atom stereocenters. The second-order valence-corrected chi connectivity index (χ2v) is 7.68. The number of rotatable bonds is 8. The van der Waals surface area contributed by atoms with E-state index in [0.29, 0.717) is 17.2 Å². The molecule has 0 aliphatic rings. The summed E-state index contributed by atoms with van der Waals surface area (Å²) in [5.41, 5.74) is 0.866. The van der Waals surface area contributed by atoms with Crippen molar-refractivity contribution in [1.82, 2.24) is 10.0 Å². The molecular formula is C16H28N2O2S. The first-order valence-electron chi connectivity index (χ1n) is 7.61. The van der Waals surface area contributed by atoms with Crippen molar-refractivity contribution in [2.24, 2.45) is 5.92 Å². The average molecular weight is 312 g/mol. The van der Waals surface area contributed by atoms with Gasteiger partial charge in [0.1, 0.15) is 0 Å². The summed E-state index contributed by atoms with van der Waals surface area (Å²) >= 11 is 0. The third-order valence-corrected chi connectivity index (χ3v) is 5.12. The first kappa shape index (κ1) is 18.1. The van der Waals surface area contributed by atoms with Gasteiger partial charge in [-0.15, -0.1) is 0 Å². The highest BCUT2D eigenvalue weighted by Crippen LogP contribution is 2.19. The van der Waals surface area contributed by atoms with Crippen LogP contribution in [0.5, 0.6) is 0 Å². The number of sulfonamides is 1. The molecule has 0 spiro atoms. The van der Waals surface area contributed by atoms with E-state index in [1.165, 1.54) is 0 Å². The Morgan fingerprint density at radius 2 is 1.71 bits per heavy atom. The average Bonchev–Trinajstić information content (AvgIpc) is 2.37. The van der Waals surface area contributed by atoms with E-state index in [4.69, 9.17) is 0 Å². The van der Waals surface area contributed by atoms with Crippen LogP contribution in [0.15, 0.2) is 29.2 Å². The number of nitrogens with one attached hydrogen (secondary N) is 2. The Morgan fingerprint density at radius 3 is 2.24 bits per heavy atom. The van der Waals surface area contributed by atoms with Crippen LogP contribution in [-0.4, -0.2) is 27.0 Å². The molecule has 5 heteroatoms. The third kappa shape index (κ3) is 5.41. The van der Waals surface area contributed by atoms with E-state index >= 15 is 0 Å². The van der Waals surface area contributed by atoms with Crippen LogP contribution in [-0.2, 0) is 16.4 Å². The predicted molar refractivity (Wildman–Crippen MR) is 87.9 cm³/mol. The summed E-state index contributed by atoms with van der Waals surface area (Å²) < 4.78 is 27.5. The Morgan fingerprint density at radius 1 is 1.10 bits per heavy atom. The van der Waals surface area contributed by atoms with Crippen LogP contribution in [0, 0.1) is 5.92 Å². The summed E-state index contributed by atoms with van der Waals surface area (Å²) in [4.78, 5) is 0.391. The van der Waals surface area contributed by atoms with Crippen LogP contribution in [0.3, 0.4) is 0 Å². The van der Waals surface area contributed by atoms with Gasteiger partial charge in [0, 0.05) is 12.1 Å². The van der Waals surface area contributed by atoms with Gasteiger partial charge in [0.25, 0.3) is 0 Å². The standard InChI is InChI=1S/C16H28N2O2S/c1-6-17-15(12(2)3)11-14-9-7-8-10-16(14)21(19,20)18-13(4)5/h7-10,12-13,15,17-18H,6,11H2,1-5H3. The second kappa shape index (κ2) is 7.92. The van der Waals surface area contributed by atoms with Crippen LogP contribution in [0.25, 0.3) is 0 Å². The second-order valence-electron chi connectivity index (χ2n) is 6.00. The van der Waals surface area contributed by atoms with Crippen molar-refractivity contribution in [3.05, 3.63) is 29.8 Å². The zero-order valence-corrected chi connectivity index (χ0v) is 14.5. The molecule has 1 aromatic rings. The summed E-state index contributed by atoms with van der Waals surface area (Å²) in [6.07, 6.45) is 0.709. The van der Waals surface area contributed by atoms with Crippen LogP contribution >= 0.6 is 0 Å². The van der Waals surface area contributed by atoms with E-state index in [9.17, 15) is 8.42 Å². The van der Waals surface area contributed by atoms with Crippen molar-refractivity contribution in [2.75, 3.05) is 6.54 Å². The molecule has 0 fully saturated rings. The Bertz CT molecular complexity index is 539. The van der Waals surface area contributed by atoms with Crippen LogP contribution in [0.4, 0.5) is 0 Å². The molecule has 0 bridgehead atoms. The lowest BCUT2D eigenvalue weighted by atomic mass is 9.96. The topological polar surface area (TPSA) is 58.2 Å². The van der Waals surface area contributed by atoms with Gasteiger partial charge in [0.05, 0.1) is 4.90 Å². The van der Waals surface area contributed by atoms with Gasteiger partial charge in [-0.1, -0.05) is 39.0 Å². The van der Waals surface area contributed by atoms with E-state index in [-0.39, 0.29) is 12.1 Å². The summed E-state index contributed by atoms with van der Waals surface area (Å²) in [6.45, 7) is 10.9. The highest BCUT2D eigenvalue weighted by Gasteiger charge is 2.21. The molecule has 0 radical (unpaired) electrons. The molecular weight excluding hydrogens is 284 g/mol. The number of benzene rings is 1. The quantitative estimate of drug-likeness (QED) is 0.775. The summed E-state index contributed by atoms with van der Waals surface area (Å²) in [5, 5.41) is 3.43. The van der Waals surface area contributed by atoms with Crippen LogP contribution in [0.1, 0.15) is 40.2 Å². The normalized spacial score (nSPS) is 13.9. The number of hydrogen-bond donors (Lipinski definition) is 2. The Balaban J connectivity index is 3.09. The lowest BCUT2D eigenvalue weighted by Crippen LogP contribution is -2.36. The summed E-state index contributed by atoms with van der Waals surface area (Å²) in [5.74, 6) is 0.443. The fraction of sp³-hybridized carbons (Fsp3) is 0.625. The fourth-order valence-electron chi connectivity index (χ4n) is 2.35. The molecule has 0 heterocycles. The molecule has 120 valence electrons. The molecule has 4 nitrogen and oxygen atoms in total. The molecule has 1 aromatic carbocycles. The molecule has 21 heavy (non-hydrogen) atoms. The van der Waals surface area contributed by atoms with E-state index < -0.39 is 10.0 Å². The molecule has 0 saturated heterocycles. The summed E-state index contributed by atoms with van der Waals surface area (Å²) in [7, 11) is -3.45. The maximum absolute atomic E-state index is 12.4. The van der Waals surface area contributed by atoms with E-state index in [1.807, 2.05) is 26.0 Å². The zero-order chi connectivity index (χ0) is 16.0. The molecule has 0 saturated carbocycles. The van der Waals surface area contributed by atoms with Gasteiger partial charge in [-0.25, -0.2) is 13.1 Å². The maximum atomic E-state index is 12.4. The minimum absolute atomic E-state index is 0.113. The molecule has 0 aromatic heterocycles. The zero-order valence-electron chi connectivity index (χ0n) is 13.7. The SMILES string of the molecule is CCNC(Cc1ccccc1S(=O)(=O)NC(C)C)C(C)C. The van der Waals surface area contributed by atoms with Crippen molar-refractivity contribution in [3.63, 3.8) is 0 Å². The fourth-order valence-corrected chi connectivity index (χ4v) is 3.85. The molecule has 1 rings (SSSR count). The predicted octanol–water partition coefficient (Wildman–Crippen LogP) is 2.55. The minimum Gasteiger partial charge on any atom is -0.314 e. The smallest absolute Gasteiger partial charge is 0.241 e. The minimum atomic E-state index is -3.45. The van der Waals surface area contributed by atoms with Crippen LogP contribution < -0.4 is 10.0 Å². The number of likely N-dealkylation sites (N-methyl/N-ethyl adjacent to an activating group) is 1. The van der Waals surface area contributed by atoms with Crippen molar-refractivity contribution < 1.29 is 8.42 Å². The first-order valence-corrected chi connectivity index (χ1v) is 9.09. The van der Waals surface area contributed by atoms with E-state index in [2.05, 4.69) is 30.8 Å².